The van der Waals surface area contributed by atoms with Crippen LogP contribution in [0.5, 0.6) is 5.88 Å². The summed E-state index contributed by atoms with van der Waals surface area (Å²) in [5, 5.41) is 11.9. The first-order valence-corrected chi connectivity index (χ1v) is 7.01. The van der Waals surface area contributed by atoms with E-state index in [4.69, 9.17) is 16.3 Å². The van der Waals surface area contributed by atoms with Gasteiger partial charge in [0.1, 0.15) is 6.61 Å². The monoisotopic (exact) mass is 299 g/mol. The molecule has 0 spiro atoms. The Labute approximate surface area is 127 Å². The third-order valence-corrected chi connectivity index (χ3v) is 3.42. The molecule has 1 heterocycles. The van der Waals surface area contributed by atoms with E-state index in [0.29, 0.717) is 23.2 Å². The maximum Gasteiger partial charge on any atom is 0.222 e. The van der Waals surface area contributed by atoms with Gasteiger partial charge < -0.3 is 9.84 Å². The van der Waals surface area contributed by atoms with Crippen molar-refractivity contribution in [2.45, 2.75) is 13.2 Å². The molecule has 0 saturated carbocycles. The van der Waals surface area contributed by atoms with Crippen LogP contribution in [0.2, 0.25) is 5.02 Å². The fourth-order valence-electron chi connectivity index (χ4n) is 2.19. The lowest BCUT2D eigenvalue weighted by atomic mass is 10.1. The van der Waals surface area contributed by atoms with Gasteiger partial charge in [0.15, 0.2) is 0 Å². The lowest BCUT2D eigenvalue weighted by molar-refractivity contribution is 0.267. The number of aliphatic hydroxyl groups excluding tert-OH is 1. The summed E-state index contributed by atoms with van der Waals surface area (Å²) in [6, 6.07) is 17.2. The Hall–Kier alpha value is -2.10. The molecule has 0 bridgehead atoms. The molecule has 0 unspecified atom stereocenters. The topological polar surface area (TPSA) is 42.4 Å². The lowest BCUT2D eigenvalue weighted by Gasteiger charge is -2.10. The summed E-state index contributed by atoms with van der Waals surface area (Å²) in [5.41, 5.74) is 1.57. The largest absolute Gasteiger partial charge is 0.472 e. The van der Waals surface area contributed by atoms with Crippen LogP contribution < -0.4 is 4.74 Å². The van der Waals surface area contributed by atoms with Crippen LogP contribution in [0.15, 0.2) is 54.6 Å². The van der Waals surface area contributed by atoms with E-state index in [0.717, 1.165) is 16.3 Å². The summed E-state index contributed by atoms with van der Waals surface area (Å²) < 4.78 is 5.82. The highest BCUT2D eigenvalue weighted by Crippen LogP contribution is 2.25. The van der Waals surface area contributed by atoms with Crippen LogP contribution >= 0.6 is 11.6 Å². The number of hydrogen-bond acceptors (Lipinski definition) is 3. The van der Waals surface area contributed by atoms with Crippen LogP contribution in [0.25, 0.3) is 10.8 Å². The number of rotatable bonds is 4. The molecular formula is C17H14ClNO2. The third kappa shape index (κ3) is 3.15. The molecule has 0 fully saturated rings. The molecule has 21 heavy (non-hydrogen) atoms. The van der Waals surface area contributed by atoms with Crippen molar-refractivity contribution < 1.29 is 9.84 Å². The quantitative estimate of drug-likeness (QED) is 0.793. The zero-order valence-electron chi connectivity index (χ0n) is 11.3. The van der Waals surface area contributed by atoms with E-state index in [1.54, 1.807) is 0 Å². The molecule has 0 atom stereocenters. The van der Waals surface area contributed by atoms with Crippen molar-refractivity contribution in [3.63, 3.8) is 0 Å². The van der Waals surface area contributed by atoms with E-state index >= 15 is 0 Å². The van der Waals surface area contributed by atoms with Crippen molar-refractivity contribution in [3.8, 4) is 5.88 Å². The second kappa shape index (κ2) is 6.12. The molecule has 2 aromatic carbocycles. The molecule has 0 aliphatic heterocycles. The van der Waals surface area contributed by atoms with Gasteiger partial charge in [-0.25, -0.2) is 4.98 Å². The Morgan fingerprint density at radius 3 is 2.71 bits per heavy atom. The van der Waals surface area contributed by atoms with Gasteiger partial charge in [0.05, 0.1) is 12.3 Å². The Morgan fingerprint density at radius 2 is 1.90 bits per heavy atom. The zero-order chi connectivity index (χ0) is 14.7. The number of aromatic nitrogens is 1. The van der Waals surface area contributed by atoms with Crippen LogP contribution in [0.1, 0.15) is 11.3 Å². The summed E-state index contributed by atoms with van der Waals surface area (Å²) >= 11 is 5.97. The molecule has 0 aliphatic carbocycles. The van der Waals surface area contributed by atoms with Gasteiger partial charge in [-0.1, -0.05) is 41.9 Å². The Bertz CT molecular complexity index is 774. The highest BCUT2D eigenvalue weighted by atomic mass is 35.5. The average Bonchev–Trinajstić information content (AvgIpc) is 2.52. The van der Waals surface area contributed by atoms with Crippen LogP contribution in [-0.2, 0) is 13.2 Å². The van der Waals surface area contributed by atoms with Gasteiger partial charge in [0.25, 0.3) is 0 Å². The first-order chi connectivity index (χ1) is 10.3. The van der Waals surface area contributed by atoms with Crippen LogP contribution in [0, 0.1) is 0 Å². The highest BCUT2D eigenvalue weighted by Gasteiger charge is 2.07. The van der Waals surface area contributed by atoms with Gasteiger partial charge in [-0.2, -0.15) is 0 Å². The fourth-order valence-corrected chi connectivity index (χ4v) is 2.40. The van der Waals surface area contributed by atoms with E-state index in [1.165, 1.54) is 0 Å². The Balaban J connectivity index is 1.92. The van der Waals surface area contributed by atoms with Crippen LogP contribution in [0.3, 0.4) is 0 Å². The maximum atomic E-state index is 9.31. The van der Waals surface area contributed by atoms with E-state index in [1.807, 2.05) is 54.6 Å². The Morgan fingerprint density at radius 1 is 1.05 bits per heavy atom. The molecular weight excluding hydrogens is 286 g/mol. The normalized spacial score (nSPS) is 10.8. The van der Waals surface area contributed by atoms with Crippen LogP contribution in [-0.4, -0.2) is 10.1 Å². The average molecular weight is 300 g/mol. The molecule has 106 valence electrons. The molecule has 3 nitrogen and oxygen atoms in total. The number of halogens is 1. The molecule has 1 N–H and O–H groups in total. The molecule has 0 amide bonds. The molecule has 1 aromatic heterocycles. The standard InChI is InChI=1S/C17H14ClNO2/c18-14-6-3-4-12(8-14)11-21-17-16-7-2-1-5-13(16)9-15(10-20)19-17/h1-9,20H,10-11H2. The van der Waals surface area contributed by atoms with Crippen molar-refractivity contribution in [3.05, 3.63) is 70.9 Å². The van der Waals surface area contributed by atoms with Crippen molar-refractivity contribution in [1.82, 2.24) is 4.98 Å². The first-order valence-electron chi connectivity index (χ1n) is 6.63. The predicted molar refractivity (Wildman–Crippen MR) is 83.4 cm³/mol. The number of ether oxygens (including phenoxy) is 1. The first kappa shape index (κ1) is 13.9. The molecule has 0 saturated heterocycles. The number of nitrogens with zero attached hydrogens (tertiary/aromatic N) is 1. The van der Waals surface area contributed by atoms with E-state index in [2.05, 4.69) is 4.98 Å². The number of hydrogen-bond donors (Lipinski definition) is 1. The minimum Gasteiger partial charge on any atom is -0.472 e. The lowest BCUT2D eigenvalue weighted by Crippen LogP contribution is -2.00. The van der Waals surface area contributed by atoms with Gasteiger partial charge >= 0.3 is 0 Å². The minimum absolute atomic E-state index is 0.113. The number of fused-ring (bicyclic) bond motifs is 1. The van der Waals surface area contributed by atoms with Gasteiger partial charge in [-0.05, 0) is 35.2 Å². The van der Waals surface area contributed by atoms with E-state index in [9.17, 15) is 5.11 Å². The summed E-state index contributed by atoms with van der Waals surface area (Å²) in [7, 11) is 0. The van der Waals surface area contributed by atoms with E-state index in [-0.39, 0.29) is 6.61 Å². The van der Waals surface area contributed by atoms with Gasteiger partial charge in [-0.3, -0.25) is 0 Å². The van der Waals surface area contributed by atoms with Crippen molar-refractivity contribution in [1.29, 1.82) is 0 Å². The molecule has 3 aromatic rings. The maximum absolute atomic E-state index is 9.31. The van der Waals surface area contributed by atoms with Crippen molar-refractivity contribution >= 4 is 22.4 Å². The highest BCUT2D eigenvalue weighted by molar-refractivity contribution is 6.30. The summed E-state index contributed by atoms with van der Waals surface area (Å²) in [6.07, 6.45) is 0. The second-order valence-electron chi connectivity index (χ2n) is 4.72. The number of benzene rings is 2. The molecule has 0 radical (unpaired) electrons. The predicted octanol–water partition coefficient (Wildman–Crippen LogP) is 3.96. The summed E-state index contributed by atoms with van der Waals surface area (Å²) in [4.78, 5) is 4.35. The van der Waals surface area contributed by atoms with Gasteiger partial charge in [-0.15, -0.1) is 0 Å². The van der Waals surface area contributed by atoms with Crippen LogP contribution in [0.4, 0.5) is 0 Å². The van der Waals surface area contributed by atoms with E-state index < -0.39 is 0 Å². The molecule has 3 rings (SSSR count). The zero-order valence-corrected chi connectivity index (χ0v) is 12.0. The third-order valence-electron chi connectivity index (χ3n) is 3.19. The second-order valence-corrected chi connectivity index (χ2v) is 5.15. The SMILES string of the molecule is OCc1cc2ccccc2c(OCc2cccc(Cl)c2)n1. The van der Waals surface area contributed by atoms with Gasteiger partial charge in [0.2, 0.25) is 5.88 Å². The molecule has 4 heteroatoms. The fraction of sp³-hybridized carbons (Fsp3) is 0.118. The summed E-state index contributed by atoms with van der Waals surface area (Å²) in [6.45, 7) is 0.269. The smallest absolute Gasteiger partial charge is 0.222 e. The summed E-state index contributed by atoms with van der Waals surface area (Å²) in [5.74, 6) is 0.525. The van der Waals surface area contributed by atoms with Gasteiger partial charge in [0, 0.05) is 10.4 Å². The number of pyridine rings is 1. The molecule has 0 aliphatic rings. The van der Waals surface area contributed by atoms with Crippen molar-refractivity contribution in [2.75, 3.05) is 0 Å². The minimum atomic E-state index is -0.113. The Kier molecular flexibility index (Phi) is 4.04. The van der Waals surface area contributed by atoms with Crippen molar-refractivity contribution in [2.24, 2.45) is 0 Å². The number of aliphatic hydroxyl groups is 1.